The molecule has 1 aromatic heterocycles. The largest absolute Gasteiger partial charge is 0.387 e. The Morgan fingerprint density at radius 2 is 1.85 bits per heavy atom. The number of aliphatic hydroxyl groups is 1. The molecule has 0 radical (unpaired) electrons. The highest BCUT2D eigenvalue weighted by atomic mass is 19.1. The zero-order chi connectivity index (χ0) is 14.1. The van der Waals surface area contributed by atoms with Gasteiger partial charge in [-0.1, -0.05) is 24.3 Å². The fraction of sp³-hybridized carbons (Fsp3) is 0.188. The lowest BCUT2D eigenvalue weighted by Crippen LogP contribution is -2.10. The van der Waals surface area contributed by atoms with Gasteiger partial charge in [0, 0.05) is 0 Å². The standard InChI is InChI=1S/C16H15FN2O/c1-11-18-14-4-2-3-5-15(14)19(11)10-16(20)12-6-8-13(17)9-7-12/h2-9,16,20H,10H2,1H3. The fourth-order valence-electron chi connectivity index (χ4n) is 2.39. The van der Waals surface area contributed by atoms with Crippen LogP contribution in [0.25, 0.3) is 11.0 Å². The highest BCUT2D eigenvalue weighted by Gasteiger charge is 2.13. The van der Waals surface area contributed by atoms with Gasteiger partial charge in [-0.3, -0.25) is 0 Å². The Kier molecular flexibility index (Phi) is 3.24. The van der Waals surface area contributed by atoms with Gasteiger partial charge >= 0.3 is 0 Å². The van der Waals surface area contributed by atoms with Crippen LogP contribution in [0, 0.1) is 12.7 Å². The second kappa shape index (κ2) is 5.06. The predicted octanol–water partition coefficient (Wildman–Crippen LogP) is 3.22. The summed E-state index contributed by atoms with van der Waals surface area (Å²) >= 11 is 0. The van der Waals surface area contributed by atoms with E-state index in [2.05, 4.69) is 4.98 Å². The lowest BCUT2D eigenvalue weighted by Gasteiger charge is -2.14. The van der Waals surface area contributed by atoms with E-state index in [-0.39, 0.29) is 5.82 Å². The van der Waals surface area contributed by atoms with Gasteiger partial charge in [-0.15, -0.1) is 0 Å². The van der Waals surface area contributed by atoms with E-state index in [1.165, 1.54) is 12.1 Å². The molecule has 0 saturated heterocycles. The van der Waals surface area contributed by atoms with Crippen LogP contribution in [-0.2, 0) is 6.54 Å². The Labute approximate surface area is 116 Å². The molecule has 3 nitrogen and oxygen atoms in total. The van der Waals surface area contributed by atoms with E-state index in [9.17, 15) is 9.50 Å². The molecular weight excluding hydrogens is 255 g/mol. The first kappa shape index (κ1) is 12.8. The summed E-state index contributed by atoms with van der Waals surface area (Å²) in [6.45, 7) is 2.31. The zero-order valence-corrected chi connectivity index (χ0v) is 11.1. The second-order valence-corrected chi connectivity index (χ2v) is 4.83. The molecule has 3 aromatic rings. The van der Waals surface area contributed by atoms with E-state index in [1.54, 1.807) is 12.1 Å². The van der Waals surface area contributed by atoms with Crippen LogP contribution in [0.5, 0.6) is 0 Å². The zero-order valence-electron chi connectivity index (χ0n) is 11.1. The number of benzene rings is 2. The normalized spacial score (nSPS) is 12.8. The van der Waals surface area contributed by atoms with Crippen molar-refractivity contribution in [2.75, 3.05) is 0 Å². The van der Waals surface area contributed by atoms with E-state index >= 15 is 0 Å². The Hall–Kier alpha value is -2.20. The summed E-state index contributed by atoms with van der Waals surface area (Å²) in [6.07, 6.45) is -0.688. The molecule has 0 aliphatic rings. The molecule has 0 aliphatic carbocycles. The molecular formula is C16H15FN2O. The van der Waals surface area contributed by atoms with Crippen molar-refractivity contribution in [1.29, 1.82) is 0 Å². The van der Waals surface area contributed by atoms with Crippen LogP contribution in [0.1, 0.15) is 17.5 Å². The average molecular weight is 270 g/mol. The van der Waals surface area contributed by atoms with Crippen LogP contribution in [0.3, 0.4) is 0 Å². The summed E-state index contributed by atoms with van der Waals surface area (Å²) in [5.41, 5.74) is 2.60. The van der Waals surface area contributed by atoms with E-state index < -0.39 is 6.10 Å². The maximum absolute atomic E-state index is 12.9. The van der Waals surface area contributed by atoms with Crippen molar-refractivity contribution >= 4 is 11.0 Å². The topological polar surface area (TPSA) is 38.0 Å². The van der Waals surface area contributed by atoms with Gasteiger partial charge < -0.3 is 9.67 Å². The van der Waals surface area contributed by atoms with Crippen LogP contribution in [-0.4, -0.2) is 14.7 Å². The van der Waals surface area contributed by atoms with E-state index in [4.69, 9.17) is 0 Å². The number of aryl methyl sites for hydroxylation is 1. The molecule has 4 heteroatoms. The summed E-state index contributed by atoms with van der Waals surface area (Å²) in [6, 6.07) is 13.7. The number of para-hydroxylation sites is 2. The molecule has 0 spiro atoms. The first-order valence-electron chi connectivity index (χ1n) is 6.50. The van der Waals surface area contributed by atoms with Crippen molar-refractivity contribution < 1.29 is 9.50 Å². The molecule has 3 rings (SSSR count). The fourth-order valence-corrected chi connectivity index (χ4v) is 2.39. The van der Waals surface area contributed by atoms with Gasteiger partial charge in [0.2, 0.25) is 0 Å². The Bertz CT molecular complexity index is 734. The van der Waals surface area contributed by atoms with Gasteiger partial charge in [0.05, 0.1) is 23.7 Å². The number of aliphatic hydroxyl groups excluding tert-OH is 1. The number of halogens is 1. The van der Waals surface area contributed by atoms with Gasteiger partial charge in [-0.05, 0) is 36.8 Å². The third-order valence-corrected chi connectivity index (χ3v) is 3.46. The molecule has 1 N–H and O–H groups in total. The van der Waals surface area contributed by atoms with E-state index in [1.807, 2.05) is 35.8 Å². The van der Waals surface area contributed by atoms with Crippen molar-refractivity contribution in [3.63, 3.8) is 0 Å². The quantitative estimate of drug-likeness (QED) is 0.793. The average Bonchev–Trinajstić information content (AvgIpc) is 2.76. The van der Waals surface area contributed by atoms with Crippen LogP contribution in [0.2, 0.25) is 0 Å². The van der Waals surface area contributed by atoms with Crippen LogP contribution < -0.4 is 0 Å². The van der Waals surface area contributed by atoms with Crippen molar-refractivity contribution in [2.24, 2.45) is 0 Å². The molecule has 0 aliphatic heterocycles. The van der Waals surface area contributed by atoms with Gasteiger partial charge in [0.15, 0.2) is 0 Å². The number of fused-ring (bicyclic) bond motifs is 1. The lowest BCUT2D eigenvalue weighted by atomic mass is 10.1. The van der Waals surface area contributed by atoms with E-state index in [0.717, 1.165) is 16.9 Å². The number of imidazole rings is 1. The van der Waals surface area contributed by atoms with Crippen molar-refractivity contribution in [3.05, 3.63) is 65.7 Å². The van der Waals surface area contributed by atoms with E-state index in [0.29, 0.717) is 12.1 Å². The summed E-state index contributed by atoms with van der Waals surface area (Å²) in [4.78, 5) is 4.47. The van der Waals surface area contributed by atoms with Crippen molar-refractivity contribution in [1.82, 2.24) is 9.55 Å². The maximum Gasteiger partial charge on any atom is 0.123 e. The Balaban J connectivity index is 1.92. The maximum atomic E-state index is 12.9. The molecule has 2 aromatic carbocycles. The highest BCUT2D eigenvalue weighted by molar-refractivity contribution is 5.75. The third kappa shape index (κ3) is 2.30. The Morgan fingerprint density at radius 3 is 2.60 bits per heavy atom. The van der Waals surface area contributed by atoms with Gasteiger partial charge in [-0.25, -0.2) is 9.37 Å². The predicted molar refractivity (Wildman–Crippen MR) is 75.8 cm³/mol. The number of hydrogen-bond acceptors (Lipinski definition) is 2. The van der Waals surface area contributed by atoms with Crippen molar-refractivity contribution in [3.8, 4) is 0 Å². The smallest absolute Gasteiger partial charge is 0.123 e. The number of rotatable bonds is 3. The number of hydrogen-bond donors (Lipinski definition) is 1. The van der Waals surface area contributed by atoms with Crippen LogP contribution in [0.4, 0.5) is 4.39 Å². The summed E-state index contributed by atoms with van der Waals surface area (Å²) in [5, 5.41) is 10.3. The monoisotopic (exact) mass is 270 g/mol. The van der Waals surface area contributed by atoms with Crippen molar-refractivity contribution in [2.45, 2.75) is 19.6 Å². The molecule has 0 saturated carbocycles. The molecule has 0 amide bonds. The molecule has 1 heterocycles. The Morgan fingerprint density at radius 1 is 1.15 bits per heavy atom. The van der Waals surface area contributed by atoms with Gasteiger partial charge in [-0.2, -0.15) is 0 Å². The molecule has 1 atom stereocenters. The van der Waals surface area contributed by atoms with Gasteiger partial charge in [0.1, 0.15) is 11.6 Å². The minimum atomic E-state index is -0.688. The number of nitrogens with zero attached hydrogens (tertiary/aromatic N) is 2. The second-order valence-electron chi connectivity index (χ2n) is 4.83. The van der Waals surface area contributed by atoms with Crippen LogP contribution >= 0.6 is 0 Å². The summed E-state index contributed by atoms with van der Waals surface area (Å²) in [7, 11) is 0. The van der Waals surface area contributed by atoms with Gasteiger partial charge in [0.25, 0.3) is 0 Å². The first-order chi connectivity index (χ1) is 9.65. The molecule has 1 unspecified atom stereocenters. The highest BCUT2D eigenvalue weighted by Crippen LogP contribution is 2.21. The minimum absolute atomic E-state index is 0.301. The summed E-state index contributed by atoms with van der Waals surface area (Å²) < 4.78 is 14.9. The summed E-state index contributed by atoms with van der Waals surface area (Å²) in [5.74, 6) is 0.553. The molecule has 0 fully saturated rings. The minimum Gasteiger partial charge on any atom is -0.387 e. The number of aromatic nitrogens is 2. The van der Waals surface area contributed by atoms with Crippen LogP contribution in [0.15, 0.2) is 48.5 Å². The molecule has 102 valence electrons. The SMILES string of the molecule is Cc1nc2ccccc2n1CC(O)c1ccc(F)cc1. The molecule has 20 heavy (non-hydrogen) atoms. The first-order valence-corrected chi connectivity index (χ1v) is 6.50. The lowest BCUT2D eigenvalue weighted by molar-refractivity contribution is 0.157. The molecule has 0 bridgehead atoms. The third-order valence-electron chi connectivity index (χ3n) is 3.46.